The van der Waals surface area contributed by atoms with Crippen LogP contribution in [-0.2, 0) is 0 Å². The van der Waals surface area contributed by atoms with E-state index in [2.05, 4.69) is 27.3 Å². The van der Waals surface area contributed by atoms with E-state index in [9.17, 15) is 0 Å². The smallest absolute Gasteiger partial charge is 0.0992 e. The highest BCUT2D eigenvalue weighted by Crippen LogP contribution is 2.18. The predicted octanol–water partition coefficient (Wildman–Crippen LogP) is 1.72. The maximum absolute atomic E-state index is 8.66. The number of nitrogens with one attached hydrogen (secondary N) is 1. The Kier molecular flexibility index (Phi) is 3.74. The van der Waals surface area contributed by atoms with Gasteiger partial charge >= 0.3 is 0 Å². The minimum atomic E-state index is 0.0778. The second-order valence-corrected chi connectivity index (χ2v) is 3.41. The van der Waals surface area contributed by atoms with Gasteiger partial charge < -0.3 is 10.4 Å². The van der Waals surface area contributed by atoms with Crippen molar-refractivity contribution in [3.8, 4) is 6.07 Å². The van der Waals surface area contributed by atoms with Crippen LogP contribution in [0.2, 0.25) is 0 Å². The van der Waals surface area contributed by atoms with Crippen LogP contribution in [0.5, 0.6) is 0 Å². The Bertz CT molecular complexity index is 333. The highest BCUT2D eigenvalue weighted by Gasteiger charge is 1.97. The molecule has 0 aliphatic carbocycles. The van der Waals surface area contributed by atoms with E-state index in [1.54, 1.807) is 12.1 Å². The van der Waals surface area contributed by atoms with Crippen molar-refractivity contribution in [2.75, 3.05) is 18.5 Å². The second-order valence-electron chi connectivity index (χ2n) is 2.49. The Morgan fingerprint density at radius 3 is 2.85 bits per heavy atom. The Morgan fingerprint density at radius 2 is 2.23 bits per heavy atom. The first kappa shape index (κ1) is 10.0. The molecule has 0 aliphatic heterocycles. The number of hydrogen-bond acceptors (Lipinski definition) is 3. The molecule has 0 saturated heterocycles. The summed E-state index contributed by atoms with van der Waals surface area (Å²) in [5.41, 5.74) is 1.43. The summed E-state index contributed by atoms with van der Waals surface area (Å²) in [7, 11) is 0. The average molecular weight is 241 g/mol. The van der Waals surface area contributed by atoms with E-state index in [1.807, 2.05) is 6.07 Å². The van der Waals surface area contributed by atoms with Gasteiger partial charge in [0, 0.05) is 16.7 Å². The van der Waals surface area contributed by atoms with Crippen LogP contribution in [0.3, 0.4) is 0 Å². The Balaban J connectivity index is 2.83. The molecular formula is C9H9BrN2O. The van der Waals surface area contributed by atoms with E-state index >= 15 is 0 Å². The van der Waals surface area contributed by atoms with Crippen molar-refractivity contribution in [1.29, 1.82) is 5.26 Å². The van der Waals surface area contributed by atoms with E-state index in [-0.39, 0.29) is 6.61 Å². The number of aliphatic hydroxyl groups excluding tert-OH is 1. The Morgan fingerprint density at radius 1 is 1.46 bits per heavy atom. The fourth-order valence-electron chi connectivity index (χ4n) is 0.956. The number of anilines is 1. The van der Waals surface area contributed by atoms with E-state index in [1.165, 1.54) is 0 Å². The van der Waals surface area contributed by atoms with Crippen molar-refractivity contribution in [1.82, 2.24) is 0 Å². The molecule has 1 aromatic rings. The lowest BCUT2D eigenvalue weighted by Gasteiger charge is -2.04. The third-order valence-corrected chi connectivity index (χ3v) is 1.93. The van der Waals surface area contributed by atoms with Gasteiger partial charge in [0.1, 0.15) is 0 Å². The third-order valence-electron chi connectivity index (χ3n) is 1.47. The summed E-state index contributed by atoms with van der Waals surface area (Å²) in [4.78, 5) is 0. The number of aliphatic hydroxyl groups is 1. The lowest BCUT2D eigenvalue weighted by molar-refractivity contribution is 0.311. The van der Waals surface area contributed by atoms with Crippen LogP contribution in [0.25, 0.3) is 0 Å². The molecule has 0 aliphatic rings. The lowest BCUT2D eigenvalue weighted by Crippen LogP contribution is -2.05. The molecule has 0 unspecified atom stereocenters. The number of hydrogen-bond donors (Lipinski definition) is 2. The summed E-state index contributed by atoms with van der Waals surface area (Å²) in [5.74, 6) is 0. The van der Waals surface area contributed by atoms with Crippen molar-refractivity contribution in [3.05, 3.63) is 28.2 Å². The SMILES string of the molecule is N#Cc1cc(Br)cc(NCCO)c1. The van der Waals surface area contributed by atoms with Gasteiger partial charge in [-0.15, -0.1) is 0 Å². The van der Waals surface area contributed by atoms with Crippen LogP contribution in [-0.4, -0.2) is 18.3 Å². The summed E-state index contributed by atoms with van der Waals surface area (Å²) in [6.45, 7) is 0.565. The first-order chi connectivity index (χ1) is 6.26. The molecule has 68 valence electrons. The summed E-state index contributed by atoms with van der Waals surface area (Å²) >= 11 is 3.29. The zero-order valence-corrected chi connectivity index (χ0v) is 8.50. The first-order valence-electron chi connectivity index (χ1n) is 3.81. The fraction of sp³-hybridized carbons (Fsp3) is 0.222. The fourth-order valence-corrected chi connectivity index (χ4v) is 1.45. The molecule has 2 N–H and O–H groups in total. The van der Waals surface area contributed by atoms with E-state index < -0.39 is 0 Å². The Labute approximate surface area is 85.1 Å². The highest BCUT2D eigenvalue weighted by atomic mass is 79.9. The minimum Gasteiger partial charge on any atom is -0.395 e. The second kappa shape index (κ2) is 4.85. The van der Waals surface area contributed by atoms with Gasteiger partial charge in [-0.1, -0.05) is 15.9 Å². The molecule has 1 aromatic carbocycles. The van der Waals surface area contributed by atoms with E-state index in [0.29, 0.717) is 12.1 Å². The molecular weight excluding hydrogens is 232 g/mol. The third kappa shape index (κ3) is 3.05. The van der Waals surface area contributed by atoms with Gasteiger partial charge in [-0.05, 0) is 18.2 Å². The van der Waals surface area contributed by atoms with E-state index in [4.69, 9.17) is 10.4 Å². The topological polar surface area (TPSA) is 56.0 Å². The van der Waals surface area contributed by atoms with Gasteiger partial charge in [0.05, 0.1) is 18.2 Å². The summed E-state index contributed by atoms with van der Waals surface area (Å²) in [6.07, 6.45) is 0. The quantitative estimate of drug-likeness (QED) is 0.847. The van der Waals surface area contributed by atoms with E-state index in [0.717, 1.165) is 10.2 Å². The van der Waals surface area contributed by atoms with Crippen molar-refractivity contribution in [2.24, 2.45) is 0 Å². The van der Waals surface area contributed by atoms with Crippen LogP contribution < -0.4 is 5.32 Å². The van der Waals surface area contributed by atoms with Crippen LogP contribution >= 0.6 is 15.9 Å². The van der Waals surface area contributed by atoms with Crippen LogP contribution in [0, 0.1) is 11.3 Å². The molecule has 0 bridgehead atoms. The summed E-state index contributed by atoms with van der Waals surface area (Å²) in [5, 5.41) is 20.2. The van der Waals surface area contributed by atoms with Gasteiger partial charge in [0.15, 0.2) is 0 Å². The van der Waals surface area contributed by atoms with Gasteiger partial charge in [-0.25, -0.2) is 0 Å². The highest BCUT2D eigenvalue weighted by molar-refractivity contribution is 9.10. The molecule has 4 heteroatoms. The van der Waals surface area contributed by atoms with Crippen LogP contribution in [0.4, 0.5) is 5.69 Å². The lowest BCUT2D eigenvalue weighted by atomic mass is 10.2. The molecule has 0 spiro atoms. The van der Waals surface area contributed by atoms with Gasteiger partial charge in [0.2, 0.25) is 0 Å². The zero-order chi connectivity index (χ0) is 9.68. The van der Waals surface area contributed by atoms with Crippen molar-refractivity contribution in [3.63, 3.8) is 0 Å². The molecule has 3 nitrogen and oxygen atoms in total. The van der Waals surface area contributed by atoms with Crippen molar-refractivity contribution >= 4 is 21.6 Å². The van der Waals surface area contributed by atoms with Crippen molar-refractivity contribution < 1.29 is 5.11 Å². The van der Waals surface area contributed by atoms with Gasteiger partial charge in [-0.3, -0.25) is 0 Å². The zero-order valence-electron chi connectivity index (χ0n) is 6.92. The molecule has 0 heterocycles. The largest absolute Gasteiger partial charge is 0.395 e. The Hall–Kier alpha value is -1.05. The maximum atomic E-state index is 8.66. The van der Waals surface area contributed by atoms with Gasteiger partial charge in [0.25, 0.3) is 0 Å². The number of halogens is 1. The average Bonchev–Trinajstić information content (AvgIpc) is 2.14. The first-order valence-corrected chi connectivity index (χ1v) is 4.61. The summed E-state index contributed by atoms with van der Waals surface area (Å²) in [6, 6.07) is 7.39. The number of nitriles is 1. The van der Waals surface area contributed by atoms with Crippen LogP contribution in [0.1, 0.15) is 5.56 Å². The molecule has 0 atom stereocenters. The standard InChI is InChI=1S/C9H9BrN2O/c10-8-3-7(6-11)4-9(5-8)12-1-2-13/h3-5,12-13H,1-2H2. The molecule has 13 heavy (non-hydrogen) atoms. The van der Waals surface area contributed by atoms with Crippen LogP contribution in [0.15, 0.2) is 22.7 Å². The molecule has 1 rings (SSSR count). The molecule has 0 fully saturated rings. The molecule has 0 aromatic heterocycles. The minimum absolute atomic E-state index is 0.0778. The monoisotopic (exact) mass is 240 g/mol. The number of rotatable bonds is 3. The number of nitrogens with zero attached hydrogens (tertiary/aromatic N) is 1. The maximum Gasteiger partial charge on any atom is 0.0992 e. The predicted molar refractivity (Wildman–Crippen MR) is 54.4 cm³/mol. The molecule has 0 amide bonds. The molecule has 0 saturated carbocycles. The normalized spacial score (nSPS) is 9.31. The summed E-state index contributed by atoms with van der Waals surface area (Å²) < 4.78 is 0.854. The molecule has 0 radical (unpaired) electrons. The van der Waals surface area contributed by atoms with Crippen molar-refractivity contribution in [2.45, 2.75) is 0 Å². The number of benzene rings is 1. The van der Waals surface area contributed by atoms with Gasteiger partial charge in [-0.2, -0.15) is 5.26 Å².